The topological polar surface area (TPSA) is 72.4 Å². The highest BCUT2D eigenvalue weighted by Gasteiger charge is 2.27. The van der Waals surface area contributed by atoms with Crippen LogP contribution in [0.4, 0.5) is 5.69 Å². The van der Waals surface area contributed by atoms with Gasteiger partial charge in [0.25, 0.3) is 5.69 Å². The SMILES string of the molecule is CN(Cc1ccc(Br)c([N+](=O)[O-])c1)C1CCCCC1CN. The molecule has 0 aliphatic heterocycles. The van der Waals surface area contributed by atoms with E-state index in [4.69, 9.17) is 5.73 Å². The molecule has 1 aromatic carbocycles. The Hall–Kier alpha value is -0.980. The van der Waals surface area contributed by atoms with Gasteiger partial charge in [0.1, 0.15) is 0 Å². The van der Waals surface area contributed by atoms with Crippen LogP contribution in [0.2, 0.25) is 0 Å². The number of nitrogens with zero attached hydrogens (tertiary/aromatic N) is 2. The first kappa shape index (κ1) is 16.4. The summed E-state index contributed by atoms with van der Waals surface area (Å²) in [4.78, 5) is 13.0. The molecule has 1 saturated carbocycles. The lowest BCUT2D eigenvalue weighted by Gasteiger charge is -2.37. The van der Waals surface area contributed by atoms with Crippen LogP contribution in [0.15, 0.2) is 22.7 Å². The van der Waals surface area contributed by atoms with E-state index in [9.17, 15) is 10.1 Å². The number of benzene rings is 1. The fourth-order valence-corrected chi connectivity index (χ4v) is 3.64. The average molecular weight is 356 g/mol. The predicted octanol–water partition coefficient (Wildman–Crippen LogP) is 3.31. The summed E-state index contributed by atoms with van der Waals surface area (Å²) in [5, 5.41) is 11.0. The van der Waals surface area contributed by atoms with Crippen molar-refractivity contribution >= 4 is 21.6 Å². The molecule has 2 unspecified atom stereocenters. The van der Waals surface area contributed by atoms with Crippen molar-refractivity contribution in [2.75, 3.05) is 13.6 Å². The second kappa shape index (κ2) is 7.33. The molecular formula is C15H22BrN3O2. The molecule has 0 spiro atoms. The Morgan fingerprint density at radius 3 is 2.81 bits per heavy atom. The third kappa shape index (κ3) is 4.02. The summed E-state index contributed by atoms with van der Waals surface area (Å²) in [5.41, 5.74) is 6.98. The van der Waals surface area contributed by atoms with Crippen LogP contribution in [0.5, 0.6) is 0 Å². The smallest absolute Gasteiger partial charge is 0.283 e. The molecule has 21 heavy (non-hydrogen) atoms. The van der Waals surface area contributed by atoms with Crippen LogP contribution in [0.1, 0.15) is 31.2 Å². The predicted molar refractivity (Wildman–Crippen MR) is 87.1 cm³/mol. The summed E-state index contributed by atoms with van der Waals surface area (Å²) in [5.74, 6) is 0.536. The monoisotopic (exact) mass is 355 g/mol. The summed E-state index contributed by atoms with van der Waals surface area (Å²) in [6.45, 7) is 1.44. The van der Waals surface area contributed by atoms with Gasteiger partial charge in [-0.25, -0.2) is 0 Å². The molecule has 0 radical (unpaired) electrons. The normalized spacial score (nSPS) is 22.5. The van der Waals surface area contributed by atoms with Crippen LogP contribution >= 0.6 is 15.9 Å². The van der Waals surface area contributed by atoms with E-state index in [0.717, 1.165) is 25.1 Å². The minimum Gasteiger partial charge on any atom is -0.330 e. The Bertz CT molecular complexity index is 510. The molecule has 2 N–H and O–H groups in total. The molecule has 1 fully saturated rings. The fourth-order valence-electron chi connectivity index (χ4n) is 3.25. The van der Waals surface area contributed by atoms with Gasteiger partial charge in [-0.1, -0.05) is 18.9 Å². The second-order valence-corrected chi connectivity index (χ2v) is 6.66. The zero-order valence-corrected chi connectivity index (χ0v) is 13.9. The van der Waals surface area contributed by atoms with Gasteiger partial charge in [0.05, 0.1) is 9.40 Å². The highest BCUT2D eigenvalue weighted by atomic mass is 79.9. The van der Waals surface area contributed by atoms with E-state index in [1.807, 2.05) is 6.07 Å². The van der Waals surface area contributed by atoms with Crippen molar-refractivity contribution in [2.45, 2.75) is 38.3 Å². The van der Waals surface area contributed by atoms with Gasteiger partial charge in [-0.2, -0.15) is 0 Å². The van der Waals surface area contributed by atoms with Crippen molar-refractivity contribution in [3.63, 3.8) is 0 Å². The van der Waals surface area contributed by atoms with E-state index in [0.29, 0.717) is 16.4 Å². The molecule has 2 atom stereocenters. The number of nitro benzene ring substituents is 1. The van der Waals surface area contributed by atoms with Crippen molar-refractivity contribution in [3.05, 3.63) is 38.3 Å². The fraction of sp³-hybridized carbons (Fsp3) is 0.600. The third-order valence-corrected chi connectivity index (χ3v) is 5.05. The lowest BCUT2D eigenvalue weighted by Crippen LogP contribution is -2.42. The van der Waals surface area contributed by atoms with Gasteiger partial charge in [-0.05, 0) is 59.9 Å². The van der Waals surface area contributed by atoms with Crippen LogP contribution in [0.25, 0.3) is 0 Å². The van der Waals surface area contributed by atoms with Crippen LogP contribution in [-0.2, 0) is 6.54 Å². The summed E-state index contributed by atoms with van der Waals surface area (Å²) in [6.07, 6.45) is 4.85. The largest absolute Gasteiger partial charge is 0.330 e. The maximum Gasteiger partial charge on any atom is 0.283 e. The van der Waals surface area contributed by atoms with E-state index >= 15 is 0 Å². The van der Waals surface area contributed by atoms with E-state index in [-0.39, 0.29) is 10.6 Å². The highest BCUT2D eigenvalue weighted by molar-refractivity contribution is 9.10. The average Bonchev–Trinajstić information content (AvgIpc) is 2.48. The minimum absolute atomic E-state index is 0.125. The molecule has 1 aliphatic rings. The molecule has 5 nitrogen and oxygen atoms in total. The van der Waals surface area contributed by atoms with Crippen LogP contribution < -0.4 is 5.73 Å². The van der Waals surface area contributed by atoms with Gasteiger partial charge in [-0.15, -0.1) is 0 Å². The van der Waals surface area contributed by atoms with Crippen LogP contribution in [-0.4, -0.2) is 29.5 Å². The molecule has 0 bridgehead atoms. The Balaban J connectivity index is 2.10. The molecule has 1 aromatic rings. The maximum absolute atomic E-state index is 11.0. The molecule has 0 amide bonds. The molecule has 2 rings (SSSR count). The Kier molecular flexibility index (Phi) is 5.72. The third-order valence-electron chi connectivity index (χ3n) is 4.38. The summed E-state index contributed by atoms with van der Waals surface area (Å²) >= 11 is 3.22. The first-order chi connectivity index (χ1) is 10.0. The van der Waals surface area contributed by atoms with Gasteiger partial charge in [0.2, 0.25) is 0 Å². The quantitative estimate of drug-likeness (QED) is 0.649. The Morgan fingerprint density at radius 2 is 2.14 bits per heavy atom. The molecule has 6 heteroatoms. The standard InChI is InChI=1S/C15H22BrN3O2/c1-18(14-5-3-2-4-12(14)9-17)10-11-6-7-13(16)15(8-11)19(20)21/h6-8,12,14H,2-5,9-10,17H2,1H3. The molecular weight excluding hydrogens is 334 g/mol. The maximum atomic E-state index is 11.0. The van der Waals surface area contributed by atoms with E-state index in [1.165, 1.54) is 19.3 Å². The van der Waals surface area contributed by atoms with Crippen molar-refractivity contribution in [2.24, 2.45) is 11.7 Å². The van der Waals surface area contributed by atoms with Crippen molar-refractivity contribution in [3.8, 4) is 0 Å². The lowest BCUT2D eigenvalue weighted by molar-refractivity contribution is -0.385. The number of halogens is 1. The van der Waals surface area contributed by atoms with Crippen LogP contribution in [0, 0.1) is 16.0 Å². The Labute approximate surface area is 133 Å². The summed E-state index contributed by atoms with van der Waals surface area (Å²) in [7, 11) is 2.09. The van der Waals surface area contributed by atoms with Gasteiger partial charge < -0.3 is 5.73 Å². The van der Waals surface area contributed by atoms with Gasteiger partial charge in [0, 0.05) is 18.7 Å². The number of rotatable bonds is 5. The minimum atomic E-state index is -0.350. The second-order valence-electron chi connectivity index (χ2n) is 5.81. The van der Waals surface area contributed by atoms with Gasteiger partial charge >= 0.3 is 0 Å². The van der Waals surface area contributed by atoms with E-state index < -0.39 is 0 Å². The van der Waals surface area contributed by atoms with Gasteiger partial charge in [-0.3, -0.25) is 15.0 Å². The van der Waals surface area contributed by atoms with E-state index in [2.05, 4.69) is 27.9 Å². The Morgan fingerprint density at radius 1 is 1.43 bits per heavy atom. The molecule has 0 saturated heterocycles. The number of nitro groups is 1. The van der Waals surface area contributed by atoms with Crippen molar-refractivity contribution < 1.29 is 4.92 Å². The highest BCUT2D eigenvalue weighted by Crippen LogP contribution is 2.30. The molecule has 0 aromatic heterocycles. The molecule has 1 aliphatic carbocycles. The zero-order valence-electron chi connectivity index (χ0n) is 12.3. The van der Waals surface area contributed by atoms with Crippen molar-refractivity contribution in [1.29, 1.82) is 0 Å². The first-order valence-corrected chi connectivity index (χ1v) is 8.15. The zero-order chi connectivity index (χ0) is 15.4. The summed E-state index contributed by atoms with van der Waals surface area (Å²) < 4.78 is 0.524. The van der Waals surface area contributed by atoms with Crippen LogP contribution in [0.3, 0.4) is 0 Å². The summed E-state index contributed by atoms with van der Waals surface area (Å²) in [6, 6.07) is 5.82. The van der Waals surface area contributed by atoms with E-state index in [1.54, 1.807) is 12.1 Å². The number of hydrogen-bond acceptors (Lipinski definition) is 4. The van der Waals surface area contributed by atoms with Crippen molar-refractivity contribution in [1.82, 2.24) is 4.90 Å². The first-order valence-electron chi connectivity index (χ1n) is 7.36. The lowest BCUT2D eigenvalue weighted by atomic mass is 9.83. The molecule has 116 valence electrons. The van der Waals surface area contributed by atoms with Gasteiger partial charge in [0.15, 0.2) is 0 Å². The number of nitrogens with two attached hydrogens (primary N) is 1. The molecule has 0 heterocycles. The number of hydrogen-bond donors (Lipinski definition) is 1.